The Morgan fingerprint density at radius 3 is 0.974 bits per heavy atom. The monoisotopic (exact) mass is 549 g/mol. The summed E-state index contributed by atoms with van der Waals surface area (Å²) in [7, 11) is 0. The highest BCUT2D eigenvalue weighted by Gasteiger charge is 2.10. The van der Waals surface area contributed by atoms with Gasteiger partial charge in [-0.2, -0.15) is 0 Å². The van der Waals surface area contributed by atoms with E-state index in [0.29, 0.717) is 13.2 Å². The SMILES string of the molecule is C=CCCCCCCCCCOCC(COCCCCCCCCCC=C)OCCCCCCCCCC=C. The maximum Gasteiger partial charge on any atom is 0.104 e. The van der Waals surface area contributed by atoms with E-state index < -0.39 is 0 Å². The Kier molecular flexibility index (Phi) is 34.3. The highest BCUT2D eigenvalue weighted by molar-refractivity contribution is 4.66. The van der Waals surface area contributed by atoms with E-state index in [1.165, 1.54) is 116 Å². The van der Waals surface area contributed by atoms with Gasteiger partial charge < -0.3 is 14.2 Å². The zero-order valence-corrected chi connectivity index (χ0v) is 26.2. The summed E-state index contributed by atoms with van der Waals surface area (Å²) >= 11 is 0. The molecule has 0 saturated heterocycles. The molecular formula is C36H68O3. The molecule has 0 aliphatic heterocycles. The third-order valence-electron chi connectivity index (χ3n) is 7.41. The van der Waals surface area contributed by atoms with E-state index >= 15 is 0 Å². The van der Waals surface area contributed by atoms with E-state index in [1.807, 2.05) is 18.2 Å². The van der Waals surface area contributed by atoms with Crippen LogP contribution in [0.5, 0.6) is 0 Å². The van der Waals surface area contributed by atoms with Crippen molar-refractivity contribution in [3.8, 4) is 0 Å². The zero-order chi connectivity index (χ0) is 28.3. The van der Waals surface area contributed by atoms with Gasteiger partial charge >= 0.3 is 0 Å². The smallest absolute Gasteiger partial charge is 0.104 e. The minimum atomic E-state index is 0.0682. The molecule has 0 aliphatic rings. The average molecular weight is 549 g/mol. The van der Waals surface area contributed by atoms with Crippen LogP contribution in [0.3, 0.4) is 0 Å². The van der Waals surface area contributed by atoms with Gasteiger partial charge in [-0.3, -0.25) is 0 Å². The molecule has 39 heavy (non-hydrogen) atoms. The van der Waals surface area contributed by atoms with Crippen molar-refractivity contribution in [2.24, 2.45) is 0 Å². The number of rotatable bonds is 35. The summed E-state index contributed by atoms with van der Waals surface area (Å²) in [6.45, 7) is 15.2. The van der Waals surface area contributed by atoms with Gasteiger partial charge in [-0.25, -0.2) is 0 Å². The fourth-order valence-corrected chi connectivity index (χ4v) is 4.85. The molecule has 0 aliphatic carbocycles. The molecule has 0 radical (unpaired) electrons. The summed E-state index contributed by atoms with van der Waals surface area (Å²) in [4.78, 5) is 0. The average Bonchev–Trinajstić information content (AvgIpc) is 2.95. The second-order valence-electron chi connectivity index (χ2n) is 11.3. The van der Waals surface area contributed by atoms with Crippen molar-refractivity contribution in [1.82, 2.24) is 0 Å². The van der Waals surface area contributed by atoms with Crippen molar-refractivity contribution in [2.45, 2.75) is 160 Å². The van der Waals surface area contributed by atoms with Gasteiger partial charge in [0.05, 0.1) is 13.2 Å². The lowest BCUT2D eigenvalue weighted by Crippen LogP contribution is -2.26. The maximum atomic E-state index is 6.21. The first-order chi connectivity index (χ1) is 19.3. The molecule has 0 saturated carbocycles. The molecule has 0 rings (SSSR count). The topological polar surface area (TPSA) is 27.7 Å². The van der Waals surface area contributed by atoms with Gasteiger partial charge in [0.2, 0.25) is 0 Å². The van der Waals surface area contributed by atoms with Gasteiger partial charge in [-0.15, -0.1) is 19.7 Å². The van der Waals surface area contributed by atoms with Gasteiger partial charge in [-0.1, -0.05) is 115 Å². The Bertz CT molecular complexity index is 460. The fourth-order valence-electron chi connectivity index (χ4n) is 4.85. The van der Waals surface area contributed by atoms with Crippen LogP contribution in [0.1, 0.15) is 154 Å². The number of hydrogen-bond donors (Lipinski definition) is 0. The highest BCUT2D eigenvalue weighted by Crippen LogP contribution is 2.12. The summed E-state index contributed by atoms with van der Waals surface area (Å²) in [5.41, 5.74) is 0. The molecule has 0 atom stereocenters. The third-order valence-corrected chi connectivity index (χ3v) is 7.41. The number of unbranched alkanes of at least 4 members (excludes halogenated alkanes) is 21. The zero-order valence-electron chi connectivity index (χ0n) is 26.2. The standard InChI is InChI=1S/C36H68O3/c1-4-7-10-13-16-19-22-25-28-31-37-34-36(39-33-30-27-24-21-18-15-12-9-6-3)35-38-32-29-26-23-20-17-14-11-8-5-2/h4-6,36H,1-3,7-35H2. The summed E-state index contributed by atoms with van der Waals surface area (Å²) in [6, 6.07) is 0. The van der Waals surface area contributed by atoms with E-state index in [0.717, 1.165) is 58.3 Å². The van der Waals surface area contributed by atoms with E-state index in [4.69, 9.17) is 14.2 Å². The van der Waals surface area contributed by atoms with Crippen molar-refractivity contribution < 1.29 is 14.2 Å². The van der Waals surface area contributed by atoms with E-state index in [2.05, 4.69) is 19.7 Å². The lowest BCUT2D eigenvalue weighted by molar-refractivity contribution is -0.0616. The molecule has 0 fully saturated rings. The molecule has 3 nitrogen and oxygen atoms in total. The van der Waals surface area contributed by atoms with Gasteiger partial charge in [0.1, 0.15) is 6.10 Å². The quantitative estimate of drug-likeness (QED) is 0.0582. The van der Waals surface area contributed by atoms with Crippen LogP contribution in [-0.2, 0) is 14.2 Å². The fraction of sp³-hybridized carbons (Fsp3) is 0.833. The normalized spacial score (nSPS) is 11.3. The molecule has 0 aromatic carbocycles. The van der Waals surface area contributed by atoms with Gasteiger partial charge in [0.15, 0.2) is 0 Å². The molecule has 0 amide bonds. The maximum absolute atomic E-state index is 6.21. The number of hydrogen-bond acceptors (Lipinski definition) is 3. The van der Waals surface area contributed by atoms with Crippen LogP contribution >= 0.6 is 0 Å². The van der Waals surface area contributed by atoms with Crippen LogP contribution < -0.4 is 0 Å². The lowest BCUT2D eigenvalue weighted by atomic mass is 10.1. The van der Waals surface area contributed by atoms with Gasteiger partial charge in [0.25, 0.3) is 0 Å². The van der Waals surface area contributed by atoms with Crippen molar-refractivity contribution in [3.05, 3.63) is 38.0 Å². The molecule has 0 spiro atoms. The summed E-state index contributed by atoms with van der Waals surface area (Å²) < 4.78 is 18.2. The Labute approximate surface area is 245 Å². The highest BCUT2D eigenvalue weighted by atomic mass is 16.6. The Balaban J connectivity index is 3.90. The molecule has 0 aromatic rings. The molecular weight excluding hydrogens is 480 g/mol. The number of allylic oxidation sites excluding steroid dienone is 3. The molecule has 0 bridgehead atoms. The first-order valence-corrected chi connectivity index (χ1v) is 16.9. The third kappa shape index (κ3) is 33.2. The van der Waals surface area contributed by atoms with Crippen molar-refractivity contribution >= 4 is 0 Å². The second kappa shape index (κ2) is 35.1. The summed E-state index contributed by atoms with van der Waals surface area (Å²) in [6.07, 6.45) is 36.8. The molecule has 0 aromatic heterocycles. The Morgan fingerprint density at radius 1 is 0.359 bits per heavy atom. The molecule has 3 heteroatoms. The predicted molar refractivity (Wildman–Crippen MR) is 173 cm³/mol. The van der Waals surface area contributed by atoms with Crippen molar-refractivity contribution in [2.75, 3.05) is 33.0 Å². The molecule has 230 valence electrons. The molecule has 0 heterocycles. The van der Waals surface area contributed by atoms with E-state index in [-0.39, 0.29) is 6.10 Å². The van der Waals surface area contributed by atoms with Crippen molar-refractivity contribution in [1.29, 1.82) is 0 Å². The number of ether oxygens (including phenoxy) is 3. The van der Waals surface area contributed by atoms with Crippen LogP contribution in [0.15, 0.2) is 38.0 Å². The largest absolute Gasteiger partial charge is 0.379 e. The first-order valence-electron chi connectivity index (χ1n) is 16.9. The first kappa shape index (κ1) is 38.1. The van der Waals surface area contributed by atoms with E-state index in [1.54, 1.807) is 0 Å². The van der Waals surface area contributed by atoms with Gasteiger partial charge in [0, 0.05) is 19.8 Å². The molecule has 0 unspecified atom stereocenters. The van der Waals surface area contributed by atoms with Crippen LogP contribution in [0, 0.1) is 0 Å². The Hall–Kier alpha value is -0.900. The second-order valence-corrected chi connectivity index (χ2v) is 11.3. The Morgan fingerprint density at radius 2 is 0.641 bits per heavy atom. The lowest BCUT2D eigenvalue weighted by Gasteiger charge is -2.18. The van der Waals surface area contributed by atoms with Crippen LogP contribution in [-0.4, -0.2) is 39.1 Å². The van der Waals surface area contributed by atoms with Crippen LogP contribution in [0.2, 0.25) is 0 Å². The van der Waals surface area contributed by atoms with Crippen LogP contribution in [0.4, 0.5) is 0 Å². The van der Waals surface area contributed by atoms with Gasteiger partial charge in [-0.05, 0) is 57.8 Å². The van der Waals surface area contributed by atoms with Crippen molar-refractivity contribution in [3.63, 3.8) is 0 Å². The van der Waals surface area contributed by atoms with Crippen LogP contribution in [0.25, 0.3) is 0 Å². The van der Waals surface area contributed by atoms with E-state index in [9.17, 15) is 0 Å². The minimum Gasteiger partial charge on any atom is -0.379 e. The summed E-state index contributed by atoms with van der Waals surface area (Å²) in [5, 5.41) is 0. The summed E-state index contributed by atoms with van der Waals surface area (Å²) in [5.74, 6) is 0. The molecule has 0 N–H and O–H groups in total. The minimum absolute atomic E-state index is 0.0682. The predicted octanol–water partition coefficient (Wildman–Crippen LogP) is 11.3.